The van der Waals surface area contributed by atoms with Gasteiger partial charge in [0.1, 0.15) is 5.82 Å². The fourth-order valence-corrected chi connectivity index (χ4v) is 3.49. The van der Waals surface area contributed by atoms with Gasteiger partial charge in [-0.1, -0.05) is 12.1 Å². The van der Waals surface area contributed by atoms with E-state index < -0.39 is 23.7 Å². The largest absolute Gasteiger partial charge is 0.481 e. The van der Waals surface area contributed by atoms with Gasteiger partial charge in [-0.2, -0.15) is 5.10 Å². The van der Waals surface area contributed by atoms with Gasteiger partial charge in [0.2, 0.25) is 5.91 Å². The molecule has 1 aromatic heterocycles. The van der Waals surface area contributed by atoms with E-state index in [0.29, 0.717) is 5.56 Å². The molecule has 2 aromatic rings. The lowest BCUT2D eigenvalue weighted by molar-refractivity contribution is -0.142. The van der Waals surface area contributed by atoms with E-state index in [0.717, 1.165) is 17.0 Å². The van der Waals surface area contributed by atoms with Crippen molar-refractivity contribution in [3.8, 4) is 0 Å². The molecule has 1 amide bonds. The molecule has 3 rings (SSSR count). The number of aryl methyl sites for hydroxylation is 2. The van der Waals surface area contributed by atoms with Crippen LogP contribution in [0, 0.1) is 25.6 Å². The number of hydrogen-bond acceptors (Lipinski definition) is 3. The predicted octanol–water partition coefficient (Wildman–Crippen LogP) is 2.35. The molecule has 132 valence electrons. The number of benzene rings is 1. The minimum Gasteiger partial charge on any atom is -0.481 e. The van der Waals surface area contributed by atoms with Crippen LogP contribution >= 0.6 is 0 Å². The molecule has 1 fully saturated rings. The molecule has 1 N–H and O–H groups in total. The van der Waals surface area contributed by atoms with Crippen LogP contribution in [0.1, 0.15) is 35.0 Å². The molecule has 0 spiro atoms. The third-order valence-corrected chi connectivity index (χ3v) is 4.95. The maximum Gasteiger partial charge on any atom is 0.309 e. The molecule has 0 aliphatic carbocycles. The lowest BCUT2D eigenvalue weighted by Crippen LogP contribution is -2.30. The molecule has 1 aromatic carbocycles. The van der Waals surface area contributed by atoms with E-state index in [9.17, 15) is 19.1 Å². The number of aliphatic carboxylic acids is 1. The average molecular weight is 345 g/mol. The van der Waals surface area contributed by atoms with Gasteiger partial charge in [-0.05, 0) is 31.5 Å². The van der Waals surface area contributed by atoms with Crippen molar-refractivity contribution in [2.24, 2.45) is 13.0 Å². The van der Waals surface area contributed by atoms with Crippen LogP contribution in [0.15, 0.2) is 24.3 Å². The summed E-state index contributed by atoms with van der Waals surface area (Å²) in [5.41, 5.74) is 3.28. The number of halogens is 1. The van der Waals surface area contributed by atoms with Gasteiger partial charge < -0.3 is 10.0 Å². The Labute approximate surface area is 144 Å². The zero-order chi connectivity index (χ0) is 18.3. The smallest absolute Gasteiger partial charge is 0.309 e. The highest BCUT2D eigenvalue weighted by atomic mass is 19.1. The normalized spacial score (nSPS) is 20.3. The van der Waals surface area contributed by atoms with Gasteiger partial charge >= 0.3 is 5.97 Å². The summed E-state index contributed by atoms with van der Waals surface area (Å²) < 4.78 is 15.0. The molecule has 2 atom stereocenters. The van der Waals surface area contributed by atoms with Crippen LogP contribution in [0.5, 0.6) is 0 Å². The van der Waals surface area contributed by atoms with E-state index in [1.54, 1.807) is 21.7 Å². The Balaban J connectivity index is 2.01. The topological polar surface area (TPSA) is 75.4 Å². The molecule has 0 radical (unpaired) electrons. The van der Waals surface area contributed by atoms with Crippen molar-refractivity contribution in [2.45, 2.75) is 32.9 Å². The Kier molecular flexibility index (Phi) is 4.32. The Hall–Kier alpha value is -2.70. The van der Waals surface area contributed by atoms with Gasteiger partial charge in [-0.15, -0.1) is 0 Å². The summed E-state index contributed by atoms with van der Waals surface area (Å²) in [5, 5.41) is 13.9. The van der Waals surface area contributed by atoms with Crippen LogP contribution in [0.4, 0.5) is 4.39 Å². The van der Waals surface area contributed by atoms with E-state index >= 15 is 0 Å². The molecular weight excluding hydrogens is 325 g/mol. The van der Waals surface area contributed by atoms with Gasteiger partial charge in [0.25, 0.3) is 0 Å². The number of carboxylic acid groups (broad SMARTS) is 1. The zero-order valence-electron chi connectivity index (χ0n) is 14.4. The molecule has 1 aliphatic heterocycles. The van der Waals surface area contributed by atoms with Crippen LogP contribution in [0.2, 0.25) is 0 Å². The number of rotatable bonds is 4. The summed E-state index contributed by atoms with van der Waals surface area (Å²) in [5.74, 6) is -2.49. The van der Waals surface area contributed by atoms with Crippen molar-refractivity contribution in [1.29, 1.82) is 0 Å². The van der Waals surface area contributed by atoms with E-state index in [-0.39, 0.29) is 18.9 Å². The number of amides is 1. The third-order valence-electron chi connectivity index (χ3n) is 4.95. The molecule has 2 heterocycles. The standard InChI is InChI=1S/C18H20FN3O3/c1-10-15(11(2)21(3)20-10)9-22-16(23)8-14(18(24)25)17(22)12-4-6-13(19)7-5-12/h4-7,14,17H,8-9H2,1-3H3,(H,24,25). The Morgan fingerprint density at radius 3 is 2.48 bits per heavy atom. The van der Waals surface area contributed by atoms with Crippen LogP contribution in [-0.4, -0.2) is 31.7 Å². The van der Waals surface area contributed by atoms with Crippen molar-refractivity contribution in [3.05, 3.63) is 52.6 Å². The molecule has 25 heavy (non-hydrogen) atoms. The van der Waals surface area contributed by atoms with Crippen LogP contribution in [-0.2, 0) is 23.2 Å². The fourth-order valence-electron chi connectivity index (χ4n) is 3.49. The van der Waals surface area contributed by atoms with E-state index in [1.807, 2.05) is 20.9 Å². The van der Waals surface area contributed by atoms with Crippen LogP contribution in [0.25, 0.3) is 0 Å². The zero-order valence-corrected chi connectivity index (χ0v) is 14.4. The number of likely N-dealkylation sites (tertiary alicyclic amines) is 1. The SMILES string of the molecule is Cc1nn(C)c(C)c1CN1C(=O)CC(C(=O)O)C1c1ccc(F)cc1. The van der Waals surface area contributed by atoms with E-state index in [2.05, 4.69) is 5.10 Å². The molecule has 0 saturated carbocycles. The third kappa shape index (κ3) is 3.01. The maximum absolute atomic E-state index is 13.3. The molecule has 1 aliphatic rings. The summed E-state index contributed by atoms with van der Waals surface area (Å²) in [6.45, 7) is 4.07. The van der Waals surface area contributed by atoms with Gasteiger partial charge in [0.05, 0.1) is 17.7 Å². The first-order valence-corrected chi connectivity index (χ1v) is 8.06. The molecule has 2 unspecified atom stereocenters. The van der Waals surface area contributed by atoms with Crippen molar-refractivity contribution in [3.63, 3.8) is 0 Å². The number of carbonyl (C=O) groups excluding carboxylic acids is 1. The van der Waals surface area contributed by atoms with Gasteiger partial charge in [0.15, 0.2) is 0 Å². The summed E-state index contributed by atoms with van der Waals surface area (Å²) in [6.07, 6.45) is -0.0598. The summed E-state index contributed by atoms with van der Waals surface area (Å²) in [4.78, 5) is 25.8. The quantitative estimate of drug-likeness (QED) is 0.923. The number of hydrogen-bond donors (Lipinski definition) is 1. The second-order valence-corrected chi connectivity index (χ2v) is 6.44. The molecule has 7 heteroatoms. The maximum atomic E-state index is 13.3. The van der Waals surface area contributed by atoms with E-state index in [1.165, 1.54) is 12.1 Å². The van der Waals surface area contributed by atoms with Crippen molar-refractivity contribution < 1.29 is 19.1 Å². The second kappa shape index (κ2) is 6.31. The monoisotopic (exact) mass is 345 g/mol. The van der Waals surface area contributed by atoms with Crippen LogP contribution < -0.4 is 0 Å². The molecule has 1 saturated heterocycles. The number of carboxylic acids is 1. The van der Waals surface area contributed by atoms with Crippen molar-refractivity contribution >= 4 is 11.9 Å². The Morgan fingerprint density at radius 2 is 1.96 bits per heavy atom. The van der Waals surface area contributed by atoms with Crippen LogP contribution in [0.3, 0.4) is 0 Å². The highest BCUT2D eigenvalue weighted by Crippen LogP contribution is 2.39. The van der Waals surface area contributed by atoms with Gasteiger partial charge in [-0.3, -0.25) is 14.3 Å². The highest BCUT2D eigenvalue weighted by molar-refractivity contribution is 5.87. The number of carbonyl (C=O) groups is 2. The molecular formula is C18H20FN3O3. The average Bonchev–Trinajstić information content (AvgIpc) is 3.00. The molecule has 6 nitrogen and oxygen atoms in total. The predicted molar refractivity (Wildman–Crippen MR) is 88.1 cm³/mol. The number of aromatic nitrogens is 2. The first-order valence-electron chi connectivity index (χ1n) is 8.06. The summed E-state index contributed by atoms with van der Waals surface area (Å²) >= 11 is 0. The fraction of sp³-hybridized carbons (Fsp3) is 0.389. The Morgan fingerprint density at radius 1 is 1.32 bits per heavy atom. The highest BCUT2D eigenvalue weighted by Gasteiger charge is 2.45. The van der Waals surface area contributed by atoms with Crippen molar-refractivity contribution in [2.75, 3.05) is 0 Å². The first kappa shape index (κ1) is 17.1. The van der Waals surface area contributed by atoms with E-state index in [4.69, 9.17) is 0 Å². The van der Waals surface area contributed by atoms with Gasteiger partial charge in [-0.25, -0.2) is 4.39 Å². The first-order chi connectivity index (χ1) is 11.8. The summed E-state index contributed by atoms with van der Waals surface area (Å²) in [6, 6.07) is 5.05. The van der Waals surface area contributed by atoms with Crippen molar-refractivity contribution in [1.82, 2.24) is 14.7 Å². The van der Waals surface area contributed by atoms with Gasteiger partial charge in [0, 0.05) is 31.3 Å². The molecule has 0 bridgehead atoms. The second-order valence-electron chi connectivity index (χ2n) is 6.44. The summed E-state index contributed by atoms with van der Waals surface area (Å²) in [7, 11) is 1.83. The minimum atomic E-state index is -1.02. The minimum absolute atomic E-state index is 0.0598. The lowest BCUT2D eigenvalue weighted by Gasteiger charge is -2.27. The lowest BCUT2D eigenvalue weighted by atomic mass is 9.93. The number of nitrogens with zero attached hydrogens (tertiary/aromatic N) is 3. The Bertz CT molecular complexity index is 829.